The molecule has 0 heterocycles. The molecule has 21 heavy (non-hydrogen) atoms. The minimum absolute atomic E-state index is 0.0125. The average molecular weight is 314 g/mol. The summed E-state index contributed by atoms with van der Waals surface area (Å²) in [5.41, 5.74) is -0.291. The van der Waals surface area contributed by atoms with Gasteiger partial charge in [0.15, 0.2) is 0 Å². The smallest absolute Gasteiger partial charge is 0.318 e. The molecule has 1 aliphatic carbocycles. The van der Waals surface area contributed by atoms with Crippen LogP contribution in [0.3, 0.4) is 0 Å². The van der Waals surface area contributed by atoms with Gasteiger partial charge in [-0.25, -0.2) is 8.42 Å². The van der Waals surface area contributed by atoms with Crippen LogP contribution in [0.5, 0.6) is 0 Å². The van der Waals surface area contributed by atoms with E-state index in [2.05, 4.69) is 0 Å². The lowest BCUT2D eigenvalue weighted by molar-refractivity contribution is -0.385. The van der Waals surface area contributed by atoms with Crippen molar-refractivity contribution in [3.63, 3.8) is 0 Å². The fraction of sp³-hybridized carbons (Fsp3) is 0.417. The van der Waals surface area contributed by atoms with E-state index in [1.807, 2.05) is 0 Å². The van der Waals surface area contributed by atoms with Gasteiger partial charge >= 0.3 is 5.97 Å². The molecule has 0 saturated heterocycles. The first-order valence-electron chi connectivity index (χ1n) is 6.23. The normalized spacial score (nSPS) is 15.1. The highest BCUT2D eigenvalue weighted by molar-refractivity contribution is 7.89. The van der Waals surface area contributed by atoms with Crippen LogP contribution in [0.1, 0.15) is 18.4 Å². The van der Waals surface area contributed by atoms with Crippen LogP contribution >= 0.6 is 0 Å². The Morgan fingerprint density at radius 1 is 1.48 bits per heavy atom. The topological polar surface area (TPSA) is 118 Å². The molecule has 1 saturated carbocycles. The summed E-state index contributed by atoms with van der Waals surface area (Å²) in [4.78, 5) is 20.9. The Morgan fingerprint density at radius 2 is 2.10 bits per heavy atom. The zero-order valence-corrected chi connectivity index (χ0v) is 12.0. The summed E-state index contributed by atoms with van der Waals surface area (Å²) in [5.74, 6) is -1.26. The largest absolute Gasteiger partial charge is 0.480 e. The lowest BCUT2D eigenvalue weighted by Crippen LogP contribution is -2.37. The number of rotatable bonds is 6. The van der Waals surface area contributed by atoms with E-state index in [4.69, 9.17) is 5.11 Å². The minimum atomic E-state index is -4.07. The number of nitrogens with zero attached hydrogens (tertiary/aromatic N) is 2. The monoisotopic (exact) mass is 314 g/mol. The van der Waals surface area contributed by atoms with Gasteiger partial charge in [0.2, 0.25) is 10.0 Å². The lowest BCUT2D eigenvalue weighted by Gasteiger charge is -2.20. The van der Waals surface area contributed by atoms with Crippen molar-refractivity contribution < 1.29 is 23.2 Å². The number of sulfonamides is 1. The highest BCUT2D eigenvalue weighted by Gasteiger charge is 2.40. The predicted molar refractivity (Wildman–Crippen MR) is 72.4 cm³/mol. The Kier molecular flexibility index (Phi) is 3.97. The Labute approximate surface area is 121 Å². The molecule has 0 atom stereocenters. The Hall–Kier alpha value is -2.00. The molecule has 0 bridgehead atoms. The van der Waals surface area contributed by atoms with E-state index in [0.717, 1.165) is 4.31 Å². The number of carboxylic acid groups (broad SMARTS) is 1. The zero-order chi connectivity index (χ0) is 15.8. The van der Waals surface area contributed by atoms with Gasteiger partial charge in [-0.3, -0.25) is 14.9 Å². The lowest BCUT2D eigenvalue weighted by atomic mass is 10.2. The molecule has 2 rings (SSSR count). The first-order chi connectivity index (χ1) is 9.75. The summed E-state index contributed by atoms with van der Waals surface area (Å²) < 4.78 is 26.1. The maximum Gasteiger partial charge on any atom is 0.318 e. The van der Waals surface area contributed by atoms with Crippen molar-refractivity contribution in [1.29, 1.82) is 0 Å². The second kappa shape index (κ2) is 5.41. The third kappa shape index (κ3) is 3.03. The Bertz CT molecular complexity index is 696. The maximum absolute atomic E-state index is 12.6. The summed E-state index contributed by atoms with van der Waals surface area (Å²) in [5, 5.41) is 19.8. The van der Waals surface area contributed by atoms with Crippen LogP contribution in [0, 0.1) is 17.0 Å². The number of aliphatic carboxylic acids is 1. The third-order valence-corrected chi connectivity index (χ3v) is 5.33. The molecule has 0 aromatic heterocycles. The molecule has 1 N–H and O–H groups in total. The molecule has 114 valence electrons. The molecule has 1 aliphatic rings. The van der Waals surface area contributed by atoms with Gasteiger partial charge in [-0.1, -0.05) is 6.07 Å². The number of nitro benzene ring substituents is 1. The van der Waals surface area contributed by atoms with Crippen molar-refractivity contribution in [3.05, 3.63) is 33.9 Å². The second-order valence-electron chi connectivity index (χ2n) is 4.83. The number of benzene rings is 1. The summed E-state index contributed by atoms with van der Waals surface area (Å²) in [7, 11) is -4.07. The zero-order valence-electron chi connectivity index (χ0n) is 11.2. The van der Waals surface area contributed by atoms with E-state index >= 15 is 0 Å². The molecule has 1 aromatic carbocycles. The van der Waals surface area contributed by atoms with Crippen LogP contribution < -0.4 is 0 Å². The Balaban J connectivity index is 2.50. The highest BCUT2D eigenvalue weighted by Crippen LogP contribution is 2.34. The first kappa shape index (κ1) is 15.4. The number of hydrogen-bond donors (Lipinski definition) is 1. The fourth-order valence-electron chi connectivity index (χ4n) is 2.11. The maximum atomic E-state index is 12.6. The van der Waals surface area contributed by atoms with Crippen molar-refractivity contribution in [2.24, 2.45) is 0 Å². The molecule has 1 fully saturated rings. The molecule has 0 spiro atoms. The van der Waals surface area contributed by atoms with Crippen LogP contribution in [-0.2, 0) is 14.8 Å². The van der Waals surface area contributed by atoms with Gasteiger partial charge in [-0.2, -0.15) is 4.31 Å². The van der Waals surface area contributed by atoms with Crippen molar-refractivity contribution >= 4 is 21.7 Å². The van der Waals surface area contributed by atoms with Crippen molar-refractivity contribution in [2.75, 3.05) is 6.54 Å². The second-order valence-corrected chi connectivity index (χ2v) is 6.69. The van der Waals surface area contributed by atoms with E-state index < -0.39 is 27.5 Å². The van der Waals surface area contributed by atoms with Crippen LogP contribution in [-0.4, -0.2) is 41.3 Å². The highest BCUT2D eigenvalue weighted by atomic mass is 32.2. The number of nitro groups is 1. The van der Waals surface area contributed by atoms with Crippen molar-refractivity contribution in [2.45, 2.75) is 30.7 Å². The van der Waals surface area contributed by atoms with Crippen molar-refractivity contribution in [3.8, 4) is 0 Å². The van der Waals surface area contributed by atoms with Gasteiger partial charge in [-0.15, -0.1) is 0 Å². The summed E-state index contributed by atoms with van der Waals surface area (Å²) >= 11 is 0. The summed E-state index contributed by atoms with van der Waals surface area (Å²) in [6, 6.07) is 3.41. The molecule has 0 aliphatic heterocycles. The number of carbonyl (C=O) groups is 1. The van der Waals surface area contributed by atoms with Crippen LogP contribution in [0.2, 0.25) is 0 Å². The summed E-state index contributed by atoms with van der Waals surface area (Å²) in [6.45, 7) is 0.700. The third-order valence-electron chi connectivity index (χ3n) is 3.28. The summed E-state index contributed by atoms with van der Waals surface area (Å²) in [6.07, 6.45) is 1.20. The molecule has 1 aromatic rings. The van der Waals surface area contributed by atoms with E-state index in [0.29, 0.717) is 12.8 Å². The van der Waals surface area contributed by atoms with E-state index in [-0.39, 0.29) is 22.2 Å². The quantitative estimate of drug-likeness (QED) is 0.621. The number of hydrogen-bond acceptors (Lipinski definition) is 5. The molecule has 8 nitrogen and oxygen atoms in total. The van der Waals surface area contributed by atoms with E-state index in [1.165, 1.54) is 25.1 Å². The molecule has 9 heteroatoms. The van der Waals surface area contributed by atoms with Crippen LogP contribution in [0.15, 0.2) is 23.1 Å². The molecule has 0 radical (unpaired) electrons. The van der Waals surface area contributed by atoms with Crippen molar-refractivity contribution in [1.82, 2.24) is 4.31 Å². The van der Waals surface area contributed by atoms with Gasteiger partial charge in [0.1, 0.15) is 6.54 Å². The fourth-order valence-corrected chi connectivity index (χ4v) is 3.99. The standard InChI is InChI=1S/C12H14N2O6S/c1-8-10(14(17)18)3-2-4-11(8)21(19,20)13(7-12(15)16)9-5-6-9/h2-4,9H,5-7H2,1H3,(H,15,16). The molecule has 0 amide bonds. The van der Waals surface area contributed by atoms with Gasteiger partial charge in [0, 0.05) is 17.7 Å². The van der Waals surface area contributed by atoms with Gasteiger partial charge in [0.25, 0.3) is 5.69 Å². The molecule has 0 unspecified atom stereocenters. The van der Waals surface area contributed by atoms with Crippen LogP contribution in [0.25, 0.3) is 0 Å². The van der Waals surface area contributed by atoms with Gasteiger partial charge in [0.05, 0.1) is 9.82 Å². The minimum Gasteiger partial charge on any atom is -0.480 e. The predicted octanol–water partition coefficient (Wildman–Crippen LogP) is 1.14. The van der Waals surface area contributed by atoms with E-state index in [1.54, 1.807) is 0 Å². The molecular formula is C12H14N2O6S. The van der Waals surface area contributed by atoms with Crippen LogP contribution in [0.4, 0.5) is 5.69 Å². The van der Waals surface area contributed by atoms with Gasteiger partial charge < -0.3 is 5.11 Å². The van der Waals surface area contributed by atoms with E-state index in [9.17, 15) is 23.3 Å². The Morgan fingerprint density at radius 3 is 2.57 bits per heavy atom. The average Bonchev–Trinajstić information content (AvgIpc) is 3.19. The molecular weight excluding hydrogens is 300 g/mol. The van der Waals surface area contributed by atoms with Gasteiger partial charge in [-0.05, 0) is 25.8 Å². The number of carboxylic acids is 1. The first-order valence-corrected chi connectivity index (χ1v) is 7.67. The SMILES string of the molecule is Cc1c([N+](=O)[O-])cccc1S(=O)(=O)N(CC(=O)O)C1CC1.